The van der Waals surface area contributed by atoms with Crippen LogP contribution in [-0.4, -0.2) is 51.4 Å². The molecule has 3 rings (SSSR count). The van der Waals surface area contributed by atoms with E-state index in [9.17, 15) is 4.79 Å². The second-order valence-corrected chi connectivity index (χ2v) is 6.09. The van der Waals surface area contributed by atoms with Crippen LogP contribution in [-0.2, 0) is 17.9 Å². The molecule has 0 atom stereocenters. The topological polar surface area (TPSA) is 70.4 Å². The van der Waals surface area contributed by atoms with Crippen LogP contribution in [0.25, 0.3) is 0 Å². The van der Waals surface area contributed by atoms with Gasteiger partial charge in [0.05, 0.1) is 19.3 Å². The zero-order valence-corrected chi connectivity index (χ0v) is 12.4. The lowest BCUT2D eigenvalue weighted by atomic mass is 10.0. The highest BCUT2D eigenvalue weighted by molar-refractivity contribution is 5.81. The zero-order chi connectivity index (χ0) is 14.7. The van der Waals surface area contributed by atoms with Gasteiger partial charge >= 0.3 is 0 Å². The fourth-order valence-corrected chi connectivity index (χ4v) is 2.88. The van der Waals surface area contributed by atoms with E-state index in [1.165, 1.54) is 0 Å². The minimum atomic E-state index is 0.113. The fourth-order valence-electron chi connectivity index (χ4n) is 2.88. The molecule has 0 bridgehead atoms. The molecule has 2 heterocycles. The van der Waals surface area contributed by atoms with Gasteiger partial charge in [-0.25, -0.2) is 0 Å². The molecular formula is C15H24N4O2. The summed E-state index contributed by atoms with van der Waals surface area (Å²) >= 11 is 0. The SMILES string of the molecule is O=C(C1CC1)N1CCC(NCc2cnn(CCO)c2)CC1. The number of nitrogens with zero attached hydrogens (tertiary/aromatic N) is 3. The number of piperidine rings is 1. The average Bonchev–Trinajstić information content (AvgIpc) is 3.26. The van der Waals surface area contributed by atoms with Crippen molar-refractivity contribution in [3.05, 3.63) is 18.0 Å². The molecule has 1 saturated heterocycles. The van der Waals surface area contributed by atoms with E-state index in [-0.39, 0.29) is 6.61 Å². The summed E-state index contributed by atoms with van der Waals surface area (Å²) in [6.07, 6.45) is 8.06. The van der Waals surface area contributed by atoms with Gasteiger partial charge in [-0.3, -0.25) is 9.48 Å². The van der Waals surface area contributed by atoms with Gasteiger partial charge in [-0.05, 0) is 25.7 Å². The van der Waals surface area contributed by atoms with Crippen molar-refractivity contribution in [1.29, 1.82) is 0 Å². The molecule has 1 aliphatic heterocycles. The Hall–Kier alpha value is -1.40. The summed E-state index contributed by atoms with van der Waals surface area (Å²) in [7, 11) is 0. The minimum absolute atomic E-state index is 0.113. The van der Waals surface area contributed by atoms with E-state index >= 15 is 0 Å². The molecule has 0 aromatic carbocycles. The number of carbonyl (C=O) groups excluding carboxylic acids is 1. The van der Waals surface area contributed by atoms with E-state index in [4.69, 9.17) is 5.11 Å². The highest BCUT2D eigenvalue weighted by Crippen LogP contribution is 2.31. The first-order valence-electron chi connectivity index (χ1n) is 7.90. The highest BCUT2D eigenvalue weighted by Gasteiger charge is 2.34. The Morgan fingerprint density at radius 3 is 2.76 bits per heavy atom. The smallest absolute Gasteiger partial charge is 0.225 e. The number of carbonyl (C=O) groups is 1. The first-order chi connectivity index (χ1) is 10.3. The number of aromatic nitrogens is 2. The molecule has 116 valence electrons. The predicted octanol–water partition coefficient (Wildman–Crippen LogP) is 0.366. The molecule has 1 amide bonds. The normalized spacial score (nSPS) is 20.0. The average molecular weight is 292 g/mol. The van der Waals surface area contributed by atoms with Gasteiger partial charge in [-0.15, -0.1) is 0 Å². The Kier molecular flexibility index (Phi) is 4.55. The van der Waals surface area contributed by atoms with Crippen LogP contribution >= 0.6 is 0 Å². The first kappa shape index (κ1) is 14.5. The van der Waals surface area contributed by atoms with Crippen LogP contribution in [0, 0.1) is 5.92 Å². The lowest BCUT2D eigenvalue weighted by Gasteiger charge is -2.32. The van der Waals surface area contributed by atoms with Crippen molar-refractivity contribution in [1.82, 2.24) is 20.0 Å². The van der Waals surface area contributed by atoms with Crippen LogP contribution < -0.4 is 5.32 Å². The Morgan fingerprint density at radius 1 is 1.33 bits per heavy atom. The number of hydrogen-bond donors (Lipinski definition) is 2. The summed E-state index contributed by atoms with van der Waals surface area (Å²) in [6.45, 7) is 3.23. The summed E-state index contributed by atoms with van der Waals surface area (Å²) in [6, 6.07) is 0.481. The maximum atomic E-state index is 12.0. The molecule has 1 aromatic heterocycles. The van der Waals surface area contributed by atoms with Crippen LogP contribution in [0.1, 0.15) is 31.2 Å². The molecule has 2 N–H and O–H groups in total. The molecule has 2 aliphatic rings. The maximum absolute atomic E-state index is 12.0. The van der Waals surface area contributed by atoms with Gasteiger partial charge in [-0.2, -0.15) is 5.10 Å². The second-order valence-electron chi connectivity index (χ2n) is 6.09. The molecule has 6 nitrogen and oxygen atoms in total. The zero-order valence-electron chi connectivity index (χ0n) is 12.4. The molecule has 1 aliphatic carbocycles. The van der Waals surface area contributed by atoms with Gasteiger partial charge in [0, 0.05) is 43.4 Å². The summed E-state index contributed by atoms with van der Waals surface area (Å²) < 4.78 is 1.76. The van der Waals surface area contributed by atoms with Crippen molar-refractivity contribution >= 4 is 5.91 Å². The summed E-state index contributed by atoms with van der Waals surface area (Å²) in [5, 5.41) is 16.6. The summed E-state index contributed by atoms with van der Waals surface area (Å²) in [4.78, 5) is 14.0. The van der Waals surface area contributed by atoms with Crippen molar-refractivity contribution in [2.24, 2.45) is 5.92 Å². The highest BCUT2D eigenvalue weighted by atomic mass is 16.3. The number of hydrogen-bond acceptors (Lipinski definition) is 4. The maximum Gasteiger partial charge on any atom is 0.225 e. The third-order valence-electron chi connectivity index (χ3n) is 4.34. The van der Waals surface area contributed by atoms with Gasteiger partial charge in [0.1, 0.15) is 0 Å². The lowest BCUT2D eigenvalue weighted by Crippen LogP contribution is -2.45. The molecule has 0 spiro atoms. The van der Waals surface area contributed by atoms with Crippen molar-refractivity contribution < 1.29 is 9.90 Å². The summed E-state index contributed by atoms with van der Waals surface area (Å²) in [5.41, 5.74) is 1.14. The quantitative estimate of drug-likeness (QED) is 0.794. The third-order valence-corrected chi connectivity index (χ3v) is 4.34. The van der Waals surface area contributed by atoms with Crippen molar-refractivity contribution in [3.63, 3.8) is 0 Å². The lowest BCUT2D eigenvalue weighted by molar-refractivity contribution is -0.133. The van der Waals surface area contributed by atoms with Crippen LogP contribution in [0.3, 0.4) is 0 Å². The fraction of sp³-hybridized carbons (Fsp3) is 0.733. The number of amides is 1. The van der Waals surface area contributed by atoms with Gasteiger partial charge in [0.15, 0.2) is 0 Å². The number of likely N-dealkylation sites (tertiary alicyclic amines) is 1. The Morgan fingerprint density at radius 2 is 2.10 bits per heavy atom. The molecule has 1 aromatic rings. The van der Waals surface area contributed by atoms with Crippen LogP contribution in [0.4, 0.5) is 0 Å². The Balaban J connectivity index is 1.39. The molecule has 0 unspecified atom stereocenters. The standard InChI is InChI=1S/C15H24N4O2/c20-8-7-19-11-12(10-17-19)9-16-14-3-5-18(6-4-14)15(21)13-1-2-13/h10-11,13-14,16,20H,1-9H2. The third kappa shape index (κ3) is 3.83. The van der Waals surface area contributed by atoms with E-state index in [0.717, 1.165) is 50.9 Å². The molecule has 21 heavy (non-hydrogen) atoms. The number of aliphatic hydroxyl groups is 1. The summed E-state index contributed by atoms with van der Waals surface area (Å²) in [5.74, 6) is 0.714. The molecule has 6 heteroatoms. The van der Waals surface area contributed by atoms with E-state index in [1.807, 2.05) is 17.3 Å². The van der Waals surface area contributed by atoms with Crippen molar-refractivity contribution in [2.45, 2.75) is 44.8 Å². The van der Waals surface area contributed by atoms with Gasteiger partial charge in [0.25, 0.3) is 0 Å². The Labute approximate surface area is 125 Å². The monoisotopic (exact) mass is 292 g/mol. The van der Waals surface area contributed by atoms with E-state index in [1.54, 1.807) is 4.68 Å². The van der Waals surface area contributed by atoms with E-state index < -0.39 is 0 Å². The number of aliphatic hydroxyl groups excluding tert-OH is 1. The molecular weight excluding hydrogens is 268 g/mol. The van der Waals surface area contributed by atoms with E-state index in [0.29, 0.717) is 24.4 Å². The van der Waals surface area contributed by atoms with Crippen molar-refractivity contribution in [3.8, 4) is 0 Å². The van der Waals surface area contributed by atoms with Gasteiger partial charge in [0.2, 0.25) is 5.91 Å². The Bertz CT molecular complexity index is 476. The van der Waals surface area contributed by atoms with Crippen LogP contribution in [0.5, 0.6) is 0 Å². The predicted molar refractivity (Wildman–Crippen MR) is 78.5 cm³/mol. The molecule has 0 radical (unpaired) electrons. The van der Waals surface area contributed by atoms with Crippen LogP contribution in [0.15, 0.2) is 12.4 Å². The molecule has 1 saturated carbocycles. The molecule has 2 fully saturated rings. The van der Waals surface area contributed by atoms with Crippen molar-refractivity contribution in [2.75, 3.05) is 19.7 Å². The largest absolute Gasteiger partial charge is 0.394 e. The van der Waals surface area contributed by atoms with Gasteiger partial charge < -0.3 is 15.3 Å². The minimum Gasteiger partial charge on any atom is -0.394 e. The van der Waals surface area contributed by atoms with Crippen LogP contribution in [0.2, 0.25) is 0 Å². The van der Waals surface area contributed by atoms with Gasteiger partial charge in [-0.1, -0.05) is 0 Å². The number of nitrogens with one attached hydrogen (secondary N) is 1. The number of rotatable bonds is 6. The van der Waals surface area contributed by atoms with E-state index in [2.05, 4.69) is 10.4 Å². The first-order valence-corrected chi connectivity index (χ1v) is 7.90. The second kappa shape index (κ2) is 6.58.